The second kappa shape index (κ2) is 10.8. The van der Waals surface area contributed by atoms with Crippen molar-refractivity contribution in [3.05, 3.63) is 28.3 Å². The van der Waals surface area contributed by atoms with Gasteiger partial charge in [0.2, 0.25) is 5.91 Å². The molecule has 0 spiro atoms. The molecule has 1 amide bonds. The molecule has 0 heterocycles. The first-order chi connectivity index (χ1) is 19.4. The summed E-state index contributed by atoms with van der Waals surface area (Å²) in [6.45, 7) is 6.42. The van der Waals surface area contributed by atoms with Crippen LogP contribution in [0.25, 0.3) is 0 Å². The molecule has 6 atom stereocenters. The van der Waals surface area contributed by atoms with Crippen LogP contribution in [0.1, 0.15) is 54.2 Å². The third kappa shape index (κ3) is 4.84. The summed E-state index contributed by atoms with van der Waals surface area (Å²) < 4.78 is 44.0. The summed E-state index contributed by atoms with van der Waals surface area (Å²) in [5.74, 6) is -13.2. The van der Waals surface area contributed by atoms with Crippen LogP contribution in [0, 0.1) is 29.6 Å². The number of amides is 1. The van der Waals surface area contributed by atoms with Gasteiger partial charge in [0.15, 0.2) is 34.7 Å². The molecule has 0 radical (unpaired) electrons. The van der Waals surface area contributed by atoms with Crippen LogP contribution in [0.3, 0.4) is 0 Å². The maximum atomic E-state index is 14.7. The first-order valence-electron chi connectivity index (χ1n) is 13.9. The number of carbonyl (C=O) groups is 5. The normalized spacial score (nSPS) is 29.7. The van der Waals surface area contributed by atoms with Gasteiger partial charge < -0.3 is 15.9 Å². The minimum Gasteiger partial charge on any atom is -0.507 e. The number of halogens is 3. The number of hydrogen-bond acceptors (Lipinski definition) is 9. The average molecular weight is 596 g/mol. The number of rotatable bonds is 7. The number of hydrogen-bond donors (Lipinski definition) is 3. The van der Waals surface area contributed by atoms with E-state index < -0.39 is 99.4 Å². The second-order valence-corrected chi connectivity index (χ2v) is 12.3. The van der Waals surface area contributed by atoms with E-state index in [2.05, 4.69) is 0 Å². The highest BCUT2D eigenvalue weighted by atomic mass is 19.4. The molecule has 2 saturated carbocycles. The lowest BCUT2D eigenvalue weighted by molar-refractivity contribution is -0.181. The Morgan fingerprint density at radius 1 is 1.17 bits per heavy atom. The SMILES string of the molecule is CCN(Cc1cc(O)c2c(c1C(F)(F)F)C[C@H]1C[C@H]3[C@H](N(C)C)C(=O)C(C(N)=O)C(=O)[C@@]3(O)C(=O)C1C2=O)CC(C)C. The van der Waals surface area contributed by atoms with E-state index in [4.69, 9.17) is 5.73 Å². The fourth-order valence-corrected chi connectivity index (χ4v) is 7.28. The molecule has 4 N–H and O–H groups in total. The number of likely N-dealkylation sites (N-methyl/N-ethyl adjacent to an activating group) is 1. The van der Waals surface area contributed by atoms with Gasteiger partial charge in [0.05, 0.1) is 23.1 Å². The summed E-state index contributed by atoms with van der Waals surface area (Å²) in [5, 5.41) is 22.5. The van der Waals surface area contributed by atoms with Gasteiger partial charge in [0.1, 0.15) is 5.75 Å². The smallest absolute Gasteiger partial charge is 0.417 e. The molecule has 230 valence electrons. The zero-order chi connectivity index (χ0) is 31.6. The van der Waals surface area contributed by atoms with Crippen molar-refractivity contribution in [2.75, 3.05) is 27.2 Å². The lowest BCUT2D eigenvalue weighted by Crippen LogP contribution is -2.74. The summed E-state index contributed by atoms with van der Waals surface area (Å²) in [4.78, 5) is 69.3. The third-order valence-electron chi connectivity index (χ3n) is 8.89. The average Bonchev–Trinajstić information content (AvgIpc) is 2.84. The van der Waals surface area contributed by atoms with Crippen molar-refractivity contribution >= 4 is 29.0 Å². The highest BCUT2D eigenvalue weighted by Gasteiger charge is 2.69. The maximum Gasteiger partial charge on any atom is 0.417 e. The molecule has 10 nitrogen and oxygen atoms in total. The number of Topliss-reactive ketones (excluding diaryl/α,β-unsaturated/α-hetero) is 4. The predicted octanol–water partition coefficient (Wildman–Crippen LogP) is 1.36. The Morgan fingerprint density at radius 3 is 2.29 bits per heavy atom. The Kier molecular flexibility index (Phi) is 8.20. The molecule has 2 fully saturated rings. The molecular weight excluding hydrogens is 559 g/mol. The number of fused-ring (bicyclic) bond motifs is 3. The van der Waals surface area contributed by atoms with Crippen LogP contribution in [0.4, 0.5) is 13.2 Å². The number of aliphatic hydroxyl groups is 1. The quantitative estimate of drug-likeness (QED) is 0.396. The number of aromatic hydroxyl groups is 1. The van der Waals surface area contributed by atoms with Crippen molar-refractivity contribution in [1.82, 2.24) is 9.80 Å². The highest BCUT2D eigenvalue weighted by molar-refractivity contribution is 6.32. The van der Waals surface area contributed by atoms with Gasteiger partial charge in [-0.1, -0.05) is 20.8 Å². The highest BCUT2D eigenvalue weighted by Crippen LogP contribution is 2.52. The van der Waals surface area contributed by atoms with Gasteiger partial charge in [-0.25, -0.2) is 0 Å². The number of primary amides is 1. The molecule has 0 bridgehead atoms. The van der Waals surface area contributed by atoms with E-state index in [1.54, 1.807) is 11.8 Å². The number of phenolic OH excluding ortho intramolecular Hbond substituents is 1. The summed E-state index contributed by atoms with van der Waals surface area (Å²) in [6, 6.07) is -0.453. The van der Waals surface area contributed by atoms with Crippen molar-refractivity contribution in [2.45, 2.75) is 58.0 Å². The Morgan fingerprint density at radius 2 is 1.79 bits per heavy atom. The van der Waals surface area contributed by atoms with Crippen molar-refractivity contribution in [2.24, 2.45) is 35.3 Å². The number of carbonyl (C=O) groups excluding carboxylic acids is 5. The van der Waals surface area contributed by atoms with Crippen LogP contribution in [0.15, 0.2) is 6.07 Å². The number of nitrogens with zero attached hydrogens (tertiary/aromatic N) is 2. The number of benzene rings is 1. The fraction of sp³-hybridized carbons (Fsp3) is 0.621. The van der Waals surface area contributed by atoms with E-state index in [0.717, 1.165) is 6.07 Å². The molecule has 4 rings (SSSR count). The molecule has 42 heavy (non-hydrogen) atoms. The summed E-state index contributed by atoms with van der Waals surface area (Å²) in [5.41, 5.74) is -0.0662. The molecule has 1 aromatic rings. The molecule has 13 heteroatoms. The van der Waals surface area contributed by atoms with Crippen LogP contribution in [0.5, 0.6) is 5.75 Å². The van der Waals surface area contributed by atoms with Gasteiger partial charge in [0, 0.05) is 19.0 Å². The molecule has 2 unspecified atom stereocenters. The van der Waals surface area contributed by atoms with E-state index >= 15 is 0 Å². The lowest BCUT2D eigenvalue weighted by atomic mass is 9.52. The number of alkyl halides is 3. The number of nitrogens with two attached hydrogens (primary N) is 1. The van der Waals surface area contributed by atoms with Crippen LogP contribution >= 0.6 is 0 Å². The second-order valence-electron chi connectivity index (χ2n) is 12.3. The van der Waals surface area contributed by atoms with Crippen molar-refractivity contribution in [3.8, 4) is 5.75 Å². The van der Waals surface area contributed by atoms with E-state index in [1.165, 1.54) is 19.0 Å². The van der Waals surface area contributed by atoms with E-state index in [1.807, 2.05) is 13.8 Å². The molecule has 3 aliphatic rings. The molecular formula is C29H36F3N3O7. The number of phenols is 1. The van der Waals surface area contributed by atoms with Crippen molar-refractivity contribution in [3.63, 3.8) is 0 Å². The topological polar surface area (TPSA) is 158 Å². The summed E-state index contributed by atoms with van der Waals surface area (Å²) >= 11 is 0. The molecule has 0 aliphatic heterocycles. The van der Waals surface area contributed by atoms with Gasteiger partial charge in [-0.15, -0.1) is 0 Å². The van der Waals surface area contributed by atoms with Gasteiger partial charge in [-0.05, 0) is 62.5 Å². The molecule has 1 aromatic carbocycles. The minimum atomic E-state index is -4.91. The maximum absolute atomic E-state index is 14.7. The van der Waals surface area contributed by atoms with Gasteiger partial charge >= 0.3 is 6.18 Å². The van der Waals surface area contributed by atoms with Crippen LogP contribution in [-0.4, -0.2) is 87.9 Å². The fourth-order valence-electron chi connectivity index (χ4n) is 7.28. The number of ketones is 4. The van der Waals surface area contributed by atoms with Crippen molar-refractivity contribution < 1.29 is 47.4 Å². The van der Waals surface area contributed by atoms with Gasteiger partial charge in [0.25, 0.3) is 0 Å². The zero-order valence-electron chi connectivity index (χ0n) is 24.1. The first-order valence-corrected chi connectivity index (χ1v) is 13.9. The van der Waals surface area contributed by atoms with E-state index in [0.29, 0.717) is 13.1 Å². The van der Waals surface area contributed by atoms with Gasteiger partial charge in [-0.3, -0.25) is 33.8 Å². The van der Waals surface area contributed by atoms with Crippen LogP contribution < -0.4 is 5.73 Å². The molecule has 0 aromatic heterocycles. The Labute approximate surface area is 241 Å². The zero-order valence-corrected chi connectivity index (χ0v) is 24.1. The van der Waals surface area contributed by atoms with Crippen LogP contribution in [0.2, 0.25) is 0 Å². The summed E-state index contributed by atoms with van der Waals surface area (Å²) in [7, 11) is 2.86. The summed E-state index contributed by atoms with van der Waals surface area (Å²) in [6.07, 6.45) is -5.70. The Bertz CT molecular complexity index is 1360. The van der Waals surface area contributed by atoms with Crippen molar-refractivity contribution in [1.29, 1.82) is 0 Å². The lowest BCUT2D eigenvalue weighted by Gasteiger charge is -2.52. The minimum absolute atomic E-state index is 0.145. The molecule has 0 saturated heterocycles. The third-order valence-corrected chi connectivity index (χ3v) is 8.89. The monoisotopic (exact) mass is 595 g/mol. The van der Waals surface area contributed by atoms with Gasteiger partial charge in [-0.2, -0.15) is 13.2 Å². The first kappa shape index (κ1) is 31.8. The molecule has 3 aliphatic carbocycles. The Balaban J connectivity index is 1.88. The van der Waals surface area contributed by atoms with E-state index in [9.17, 15) is 47.4 Å². The predicted molar refractivity (Wildman–Crippen MR) is 142 cm³/mol. The largest absolute Gasteiger partial charge is 0.507 e. The van der Waals surface area contributed by atoms with Crippen LogP contribution in [-0.2, 0) is 38.3 Å². The standard InChI is InChI=1S/C29H36F3N3O7/c1-6-35(10-12(2)3)11-14-9-17(36)19-15(21(14)29(30,31)32)7-13-8-16-22(34(4)5)24(38)20(27(33)41)26(40)28(16,42)25(39)18(13)23(19)37/h9,12-13,16,18,20,22,36,42H,6-8,10-11H2,1-5H3,(H2,33,41)/t13-,16-,18?,20?,22-,28-/m0/s1. The Hall–Kier alpha value is -3.16. The van der Waals surface area contributed by atoms with E-state index in [-0.39, 0.29) is 24.4 Å².